The molecule has 0 spiro atoms. The third-order valence-corrected chi connectivity index (χ3v) is 2.17. The summed E-state index contributed by atoms with van der Waals surface area (Å²) in [5.41, 5.74) is 6.02. The lowest BCUT2D eigenvalue weighted by atomic mass is 10.1. The summed E-state index contributed by atoms with van der Waals surface area (Å²) < 4.78 is 5.00. The van der Waals surface area contributed by atoms with Gasteiger partial charge in [0.15, 0.2) is 0 Å². The number of primary amides is 1. The maximum Gasteiger partial charge on any atom is 0.217 e. The monoisotopic (exact) mass is 213 g/mol. The molecule has 0 radical (unpaired) electrons. The van der Waals surface area contributed by atoms with Crippen LogP contribution in [0.5, 0.6) is 5.75 Å². The first-order valence-electron chi connectivity index (χ1n) is 4.24. The predicted octanol–water partition coefficient (Wildman–Crippen LogP) is 1.77. The minimum atomic E-state index is -0.308. The summed E-state index contributed by atoms with van der Waals surface area (Å²) in [4.78, 5) is 10.5. The van der Waals surface area contributed by atoms with Crippen molar-refractivity contribution in [3.8, 4) is 5.75 Å². The Balaban J connectivity index is 2.71. The molecular weight excluding hydrogens is 202 g/mol. The van der Waals surface area contributed by atoms with Crippen LogP contribution in [0.3, 0.4) is 0 Å². The Morgan fingerprint density at radius 1 is 1.57 bits per heavy atom. The van der Waals surface area contributed by atoms with E-state index in [0.29, 0.717) is 23.6 Å². The number of nitrogens with two attached hydrogens (primary N) is 1. The molecular formula is C10H12ClNO2. The van der Waals surface area contributed by atoms with Crippen LogP contribution in [0, 0.1) is 0 Å². The van der Waals surface area contributed by atoms with E-state index in [0.717, 1.165) is 5.56 Å². The van der Waals surface area contributed by atoms with Gasteiger partial charge >= 0.3 is 0 Å². The van der Waals surface area contributed by atoms with E-state index in [4.69, 9.17) is 22.1 Å². The summed E-state index contributed by atoms with van der Waals surface area (Å²) in [5.74, 6) is 0.325. The van der Waals surface area contributed by atoms with E-state index in [1.54, 1.807) is 19.2 Å². The van der Waals surface area contributed by atoms with Crippen molar-refractivity contribution < 1.29 is 9.53 Å². The third kappa shape index (κ3) is 2.92. The summed E-state index contributed by atoms with van der Waals surface area (Å²) in [7, 11) is 1.56. The topological polar surface area (TPSA) is 52.3 Å². The fourth-order valence-electron chi connectivity index (χ4n) is 1.13. The van der Waals surface area contributed by atoms with E-state index in [1.807, 2.05) is 6.07 Å². The van der Waals surface area contributed by atoms with Gasteiger partial charge < -0.3 is 10.5 Å². The highest BCUT2D eigenvalue weighted by Crippen LogP contribution is 2.25. The van der Waals surface area contributed by atoms with E-state index in [1.165, 1.54) is 0 Å². The summed E-state index contributed by atoms with van der Waals surface area (Å²) in [6, 6.07) is 5.43. The van der Waals surface area contributed by atoms with Gasteiger partial charge in [-0.15, -0.1) is 0 Å². The maximum atomic E-state index is 10.5. The number of carbonyl (C=O) groups excluding carboxylic acids is 1. The molecule has 0 aliphatic carbocycles. The molecule has 0 aliphatic rings. The van der Waals surface area contributed by atoms with E-state index in [9.17, 15) is 4.79 Å². The molecule has 4 heteroatoms. The van der Waals surface area contributed by atoms with Crippen LogP contribution >= 0.6 is 11.6 Å². The van der Waals surface area contributed by atoms with Gasteiger partial charge in [-0.25, -0.2) is 0 Å². The predicted molar refractivity (Wildman–Crippen MR) is 55.5 cm³/mol. The summed E-state index contributed by atoms with van der Waals surface area (Å²) in [6.45, 7) is 0. The second-order valence-corrected chi connectivity index (χ2v) is 3.34. The van der Waals surface area contributed by atoms with Gasteiger partial charge in [0.1, 0.15) is 5.75 Å². The van der Waals surface area contributed by atoms with E-state index in [2.05, 4.69) is 0 Å². The number of methoxy groups -OCH3 is 1. The first-order chi connectivity index (χ1) is 6.63. The van der Waals surface area contributed by atoms with Crippen molar-refractivity contribution in [1.82, 2.24) is 0 Å². The number of hydrogen-bond acceptors (Lipinski definition) is 2. The summed E-state index contributed by atoms with van der Waals surface area (Å²) in [5, 5.41) is 0.550. The van der Waals surface area contributed by atoms with Crippen LogP contribution in [0.4, 0.5) is 0 Å². The standard InChI is InChI=1S/C10H12ClNO2/c1-14-9-4-2-7(6-8(9)11)3-5-10(12)13/h2,4,6H,3,5H2,1H3,(H2,12,13). The van der Waals surface area contributed by atoms with Gasteiger partial charge in [-0.3, -0.25) is 4.79 Å². The van der Waals surface area contributed by atoms with Crippen molar-refractivity contribution in [3.63, 3.8) is 0 Å². The minimum absolute atomic E-state index is 0.308. The first kappa shape index (κ1) is 10.9. The molecule has 0 unspecified atom stereocenters. The molecule has 76 valence electrons. The van der Waals surface area contributed by atoms with Crippen molar-refractivity contribution in [2.24, 2.45) is 5.73 Å². The molecule has 0 bridgehead atoms. The first-order valence-corrected chi connectivity index (χ1v) is 4.62. The fourth-order valence-corrected chi connectivity index (χ4v) is 1.41. The second kappa shape index (κ2) is 4.86. The largest absolute Gasteiger partial charge is 0.495 e. The van der Waals surface area contributed by atoms with Gasteiger partial charge in [-0.1, -0.05) is 17.7 Å². The highest BCUT2D eigenvalue weighted by Gasteiger charge is 2.02. The molecule has 2 N–H and O–H groups in total. The van der Waals surface area contributed by atoms with Crippen LogP contribution in [-0.4, -0.2) is 13.0 Å². The number of carbonyl (C=O) groups is 1. The van der Waals surface area contributed by atoms with E-state index >= 15 is 0 Å². The second-order valence-electron chi connectivity index (χ2n) is 2.94. The molecule has 1 amide bonds. The zero-order valence-corrected chi connectivity index (χ0v) is 8.67. The van der Waals surface area contributed by atoms with Crippen LogP contribution in [-0.2, 0) is 11.2 Å². The van der Waals surface area contributed by atoms with Crippen LogP contribution in [0.25, 0.3) is 0 Å². The Morgan fingerprint density at radius 2 is 2.29 bits per heavy atom. The Labute approximate surface area is 87.8 Å². The van der Waals surface area contributed by atoms with Crippen molar-refractivity contribution in [2.45, 2.75) is 12.8 Å². The van der Waals surface area contributed by atoms with E-state index < -0.39 is 0 Å². The summed E-state index contributed by atoms with van der Waals surface area (Å²) in [6.07, 6.45) is 0.946. The molecule has 1 rings (SSSR count). The highest BCUT2D eigenvalue weighted by atomic mass is 35.5. The average Bonchev–Trinajstić information content (AvgIpc) is 2.15. The number of halogens is 1. The average molecular weight is 214 g/mol. The van der Waals surface area contributed by atoms with Gasteiger partial charge in [0.05, 0.1) is 12.1 Å². The van der Waals surface area contributed by atoms with Gasteiger partial charge in [0, 0.05) is 6.42 Å². The Kier molecular flexibility index (Phi) is 3.77. The number of benzene rings is 1. The molecule has 0 atom stereocenters. The molecule has 1 aromatic carbocycles. The van der Waals surface area contributed by atoms with Crippen LogP contribution in [0.1, 0.15) is 12.0 Å². The number of aryl methyl sites for hydroxylation is 1. The van der Waals surface area contributed by atoms with Crippen molar-refractivity contribution in [2.75, 3.05) is 7.11 Å². The normalized spacial score (nSPS) is 9.86. The molecule has 3 nitrogen and oxygen atoms in total. The van der Waals surface area contributed by atoms with Gasteiger partial charge in [0.2, 0.25) is 5.91 Å². The van der Waals surface area contributed by atoms with Crippen LogP contribution in [0.15, 0.2) is 18.2 Å². The highest BCUT2D eigenvalue weighted by molar-refractivity contribution is 6.32. The SMILES string of the molecule is COc1ccc(CCC(N)=O)cc1Cl. The van der Waals surface area contributed by atoms with Crippen LogP contribution < -0.4 is 10.5 Å². The quantitative estimate of drug-likeness (QED) is 0.829. The molecule has 14 heavy (non-hydrogen) atoms. The molecule has 0 fully saturated rings. The lowest BCUT2D eigenvalue weighted by molar-refractivity contribution is -0.117. The van der Waals surface area contributed by atoms with Crippen molar-refractivity contribution in [1.29, 1.82) is 0 Å². The van der Waals surface area contributed by atoms with Crippen molar-refractivity contribution in [3.05, 3.63) is 28.8 Å². The molecule has 0 aromatic heterocycles. The third-order valence-electron chi connectivity index (χ3n) is 1.88. The lowest BCUT2D eigenvalue weighted by Crippen LogP contribution is -2.11. The van der Waals surface area contributed by atoms with Gasteiger partial charge in [-0.05, 0) is 24.1 Å². The van der Waals surface area contributed by atoms with Gasteiger partial charge in [0.25, 0.3) is 0 Å². The Hall–Kier alpha value is -1.22. The minimum Gasteiger partial charge on any atom is -0.495 e. The maximum absolute atomic E-state index is 10.5. The fraction of sp³-hybridized carbons (Fsp3) is 0.300. The van der Waals surface area contributed by atoms with Crippen molar-refractivity contribution >= 4 is 17.5 Å². The van der Waals surface area contributed by atoms with Crippen LogP contribution in [0.2, 0.25) is 5.02 Å². The Bertz CT molecular complexity index is 339. The van der Waals surface area contributed by atoms with Gasteiger partial charge in [-0.2, -0.15) is 0 Å². The number of ether oxygens (including phenoxy) is 1. The number of rotatable bonds is 4. The molecule has 1 aromatic rings. The zero-order chi connectivity index (χ0) is 10.6. The number of amides is 1. The smallest absolute Gasteiger partial charge is 0.217 e. The lowest BCUT2D eigenvalue weighted by Gasteiger charge is -2.04. The summed E-state index contributed by atoms with van der Waals surface area (Å²) >= 11 is 5.90. The van der Waals surface area contributed by atoms with E-state index in [-0.39, 0.29) is 5.91 Å². The molecule has 0 saturated carbocycles. The number of hydrogen-bond donors (Lipinski definition) is 1. The zero-order valence-electron chi connectivity index (χ0n) is 7.92. The molecule has 0 heterocycles. The molecule has 0 saturated heterocycles. The Morgan fingerprint density at radius 3 is 2.79 bits per heavy atom. The molecule has 0 aliphatic heterocycles.